The second-order valence-corrected chi connectivity index (χ2v) is 8.35. The fourth-order valence-corrected chi connectivity index (χ4v) is 4.83. The molecule has 0 aromatic heterocycles. The highest BCUT2D eigenvalue weighted by Gasteiger charge is 2.42. The van der Waals surface area contributed by atoms with Gasteiger partial charge in [-0.05, 0) is 46.0 Å². The first kappa shape index (κ1) is 18.9. The van der Waals surface area contributed by atoms with Crippen LogP contribution in [0.15, 0.2) is 0 Å². The number of carbonyl (C=O) groups is 1. The molecule has 3 aliphatic rings. The van der Waals surface area contributed by atoms with Crippen molar-refractivity contribution in [1.82, 2.24) is 15.1 Å². The molecular weight excluding hydrogens is 316 g/mol. The average Bonchev–Trinajstić information content (AvgIpc) is 3.01. The van der Waals surface area contributed by atoms with Gasteiger partial charge < -0.3 is 20.7 Å². The summed E-state index contributed by atoms with van der Waals surface area (Å²) in [5.41, 5.74) is 6.39. The van der Waals surface area contributed by atoms with E-state index in [4.69, 9.17) is 10.5 Å². The maximum absolute atomic E-state index is 12.0. The number of carbonyl (C=O) groups excluding carboxylic acids is 1. The van der Waals surface area contributed by atoms with Crippen LogP contribution in [0.4, 0.5) is 4.79 Å². The molecule has 3 fully saturated rings. The molecule has 3 N–H and O–H groups in total. The minimum Gasteiger partial charge on any atom is -0.450 e. The van der Waals surface area contributed by atoms with E-state index in [-0.39, 0.29) is 11.6 Å². The summed E-state index contributed by atoms with van der Waals surface area (Å²) in [5.74, 6) is 0. The molecule has 144 valence electrons. The van der Waals surface area contributed by atoms with Crippen molar-refractivity contribution in [3.05, 3.63) is 0 Å². The summed E-state index contributed by atoms with van der Waals surface area (Å²) < 4.78 is 5.16. The molecule has 0 bridgehead atoms. The summed E-state index contributed by atoms with van der Waals surface area (Å²) in [7, 11) is 0. The molecule has 0 spiro atoms. The largest absolute Gasteiger partial charge is 0.450 e. The number of nitrogens with zero attached hydrogens (tertiary/aromatic N) is 2. The van der Waals surface area contributed by atoms with Crippen LogP contribution in [-0.2, 0) is 4.74 Å². The Kier molecular flexibility index (Phi) is 6.23. The van der Waals surface area contributed by atoms with Crippen LogP contribution in [0.2, 0.25) is 0 Å². The Morgan fingerprint density at radius 2 is 1.92 bits per heavy atom. The molecule has 2 saturated heterocycles. The van der Waals surface area contributed by atoms with E-state index < -0.39 is 0 Å². The van der Waals surface area contributed by atoms with Crippen LogP contribution in [0.1, 0.15) is 58.8 Å². The van der Waals surface area contributed by atoms with Crippen molar-refractivity contribution in [3.8, 4) is 0 Å². The summed E-state index contributed by atoms with van der Waals surface area (Å²) >= 11 is 0. The molecule has 3 atom stereocenters. The third-order valence-corrected chi connectivity index (χ3v) is 6.51. The topological polar surface area (TPSA) is 70.8 Å². The number of nitrogens with two attached hydrogens (primary N) is 1. The van der Waals surface area contributed by atoms with E-state index in [1.165, 1.54) is 32.1 Å². The van der Waals surface area contributed by atoms with Crippen LogP contribution in [0, 0.1) is 0 Å². The number of amides is 1. The predicted octanol–water partition coefficient (Wildman–Crippen LogP) is 1.93. The molecule has 1 amide bonds. The predicted molar refractivity (Wildman–Crippen MR) is 99.6 cm³/mol. The van der Waals surface area contributed by atoms with Gasteiger partial charge in [-0.3, -0.25) is 4.90 Å². The van der Waals surface area contributed by atoms with Crippen molar-refractivity contribution < 1.29 is 9.53 Å². The van der Waals surface area contributed by atoms with Gasteiger partial charge in [0.25, 0.3) is 0 Å². The van der Waals surface area contributed by atoms with Gasteiger partial charge in [0.15, 0.2) is 0 Å². The Labute approximate surface area is 152 Å². The second-order valence-electron chi connectivity index (χ2n) is 8.35. The first-order valence-corrected chi connectivity index (χ1v) is 10.2. The molecule has 6 heteroatoms. The van der Waals surface area contributed by atoms with Crippen molar-refractivity contribution in [2.24, 2.45) is 5.73 Å². The maximum Gasteiger partial charge on any atom is 0.409 e. The highest BCUT2D eigenvalue weighted by molar-refractivity contribution is 5.68. The number of rotatable bonds is 4. The average molecular weight is 353 g/mol. The molecule has 1 aliphatic carbocycles. The van der Waals surface area contributed by atoms with Crippen LogP contribution < -0.4 is 11.1 Å². The molecule has 0 aromatic rings. The zero-order chi connectivity index (χ0) is 17.9. The van der Waals surface area contributed by atoms with Gasteiger partial charge in [0, 0.05) is 49.8 Å². The first-order valence-electron chi connectivity index (χ1n) is 10.2. The Hall–Kier alpha value is -0.850. The lowest BCUT2D eigenvalue weighted by Crippen LogP contribution is -2.57. The summed E-state index contributed by atoms with van der Waals surface area (Å²) in [5, 5.41) is 3.84. The van der Waals surface area contributed by atoms with Gasteiger partial charge in [0.1, 0.15) is 0 Å². The van der Waals surface area contributed by atoms with E-state index in [2.05, 4.69) is 17.1 Å². The van der Waals surface area contributed by atoms with Gasteiger partial charge in [-0.15, -0.1) is 0 Å². The molecule has 0 radical (unpaired) electrons. The number of nitrogens with one attached hydrogen (secondary N) is 1. The summed E-state index contributed by atoms with van der Waals surface area (Å²) in [4.78, 5) is 16.4. The summed E-state index contributed by atoms with van der Waals surface area (Å²) in [6, 6.07) is 1.43. The number of hydrogen-bond donors (Lipinski definition) is 2. The lowest BCUT2D eigenvalue weighted by molar-refractivity contribution is 0.0653. The van der Waals surface area contributed by atoms with Crippen molar-refractivity contribution in [2.75, 3.05) is 32.8 Å². The van der Waals surface area contributed by atoms with Gasteiger partial charge in [-0.2, -0.15) is 0 Å². The minimum absolute atomic E-state index is 0.0962. The van der Waals surface area contributed by atoms with Crippen molar-refractivity contribution in [3.63, 3.8) is 0 Å². The standard InChI is InChI=1S/C19H36N4O2/c1-3-25-18(24)22-13-10-19(2,14-22)23-11-8-15(9-12-23)21-17-7-5-4-6-16(17)20/h15-17,21H,3-14,20H2,1-2H3. The highest BCUT2D eigenvalue weighted by Crippen LogP contribution is 2.31. The van der Waals surface area contributed by atoms with Gasteiger partial charge in [-0.25, -0.2) is 4.79 Å². The first-order chi connectivity index (χ1) is 12.0. The lowest BCUT2D eigenvalue weighted by Gasteiger charge is -2.44. The monoisotopic (exact) mass is 352 g/mol. The third-order valence-electron chi connectivity index (χ3n) is 6.51. The Bertz CT molecular complexity index is 453. The van der Waals surface area contributed by atoms with Crippen molar-refractivity contribution in [1.29, 1.82) is 0 Å². The lowest BCUT2D eigenvalue weighted by atomic mass is 9.89. The smallest absolute Gasteiger partial charge is 0.409 e. The van der Waals surface area contributed by atoms with Gasteiger partial charge in [0.05, 0.1) is 6.61 Å². The highest BCUT2D eigenvalue weighted by atomic mass is 16.6. The summed E-state index contributed by atoms with van der Waals surface area (Å²) in [6.45, 7) is 8.42. The van der Waals surface area contributed by atoms with E-state index in [0.29, 0.717) is 24.7 Å². The SMILES string of the molecule is CCOC(=O)N1CCC(C)(N2CCC(NC3CCCCC3N)CC2)C1. The van der Waals surface area contributed by atoms with Gasteiger partial charge in [-0.1, -0.05) is 12.8 Å². The fraction of sp³-hybridized carbons (Fsp3) is 0.947. The minimum atomic E-state index is -0.158. The molecule has 25 heavy (non-hydrogen) atoms. The van der Waals surface area contributed by atoms with E-state index >= 15 is 0 Å². The van der Waals surface area contributed by atoms with Crippen LogP contribution in [0.3, 0.4) is 0 Å². The molecule has 2 heterocycles. The van der Waals surface area contributed by atoms with Crippen LogP contribution >= 0.6 is 0 Å². The van der Waals surface area contributed by atoms with Crippen molar-refractivity contribution >= 4 is 6.09 Å². The molecule has 3 unspecified atom stereocenters. The number of piperidine rings is 1. The molecule has 3 rings (SSSR count). The van der Waals surface area contributed by atoms with Crippen molar-refractivity contribution in [2.45, 2.75) is 82.5 Å². The fourth-order valence-electron chi connectivity index (χ4n) is 4.83. The second kappa shape index (κ2) is 8.23. The molecular formula is C19H36N4O2. The Balaban J connectivity index is 1.46. The number of ether oxygens (including phenoxy) is 1. The van der Waals surface area contributed by atoms with Crippen LogP contribution in [0.25, 0.3) is 0 Å². The zero-order valence-corrected chi connectivity index (χ0v) is 16.0. The van der Waals surface area contributed by atoms with E-state index in [1.54, 1.807) is 0 Å². The van der Waals surface area contributed by atoms with E-state index in [9.17, 15) is 4.79 Å². The summed E-state index contributed by atoms with van der Waals surface area (Å²) in [6.07, 6.45) is 8.23. The van der Waals surface area contributed by atoms with Gasteiger partial charge in [0.2, 0.25) is 0 Å². The molecule has 6 nitrogen and oxygen atoms in total. The Morgan fingerprint density at radius 3 is 2.60 bits per heavy atom. The molecule has 2 aliphatic heterocycles. The zero-order valence-electron chi connectivity index (χ0n) is 16.0. The quantitative estimate of drug-likeness (QED) is 0.809. The number of likely N-dealkylation sites (tertiary alicyclic amines) is 2. The Morgan fingerprint density at radius 1 is 1.20 bits per heavy atom. The van der Waals surface area contributed by atoms with E-state index in [1.807, 2.05) is 11.8 Å². The third kappa shape index (κ3) is 4.47. The van der Waals surface area contributed by atoms with E-state index in [0.717, 1.165) is 39.0 Å². The van der Waals surface area contributed by atoms with Crippen LogP contribution in [0.5, 0.6) is 0 Å². The normalized spacial score (nSPS) is 35.1. The van der Waals surface area contributed by atoms with Crippen LogP contribution in [-0.4, -0.2) is 72.3 Å². The molecule has 1 saturated carbocycles. The maximum atomic E-state index is 12.0. The molecule has 0 aromatic carbocycles. The number of hydrogen-bond acceptors (Lipinski definition) is 5. The van der Waals surface area contributed by atoms with Gasteiger partial charge >= 0.3 is 6.09 Å².